The van der Waals surface area contributed by atoms with Crippen LogP contribution in [-0.4, -0.2) is 23.5 Å². The van der Waals surface area contributed by atoms with E-state index in [2.05, 4.69) is 6.07 Å². The molecule has 0 atom stereocenters. The molecule has 2 aromatic rings. The molecule has 0 spiro atoms. The molecule has 0 saturated heterocycles. The molecule has 0 aromatic heterocycles. The quantitative estimate of drug-likeness (QED) is 0.773. The van der Waals surface area contributed by atoms with E-state index in [1.807, 2.05) is 44.2 Å². The largest absolute Gasteiger partial charge is 0.491 e. The van der Waals surface area contributed by atoms with E-state index in [-0.39, 0.29) is 12.0 Å². The summed E-state index contributed by atoms with van der Waals surface area (Å²) >= 11 is 0. The maximum atomic E-state index is 12.8. The molecular weight excluding hydrogens is 300 g/mol. The van der Waals surface area contributed by atoms with E-state index < -0.39 is 0 Å². The lowest BCUT2D eigenvalue weighted by atomic mass is 10.1. The highest BCUT2D eigenvalue weighted by Gasteiger charge is 2.16. The summed E-state index contributed by atoms with van der Waals surface area (Å²) in [4.78, 5) is 14.5. The molecule has 0 aliphatic carbocycles. The standard InChI is InChI=1S/C20H22N2O2/c1-16(2)24-19-11-9-18(10-12-19)20(23)22(14-6-13-21)15-17-7-4-3-5-8-17/h3-5,7-12,16H,6,14-15H2,1-2H3. The first-order chi connectivity index (χ1) is 11.6. The molecule has 4 nitrogen and oxygen atoms in total. The highest BCUT2D eigenvalue weighted by molar-refractivity contribution is 5.94. The van der Waals surface area contributed by atoms with Crippen LogP contribution < -0.4 is 4.74 Å². The number of amides is 1. The Morgan fingerprint density at radius 1 is 1.12 bits per heavy atom. The Bertz CT molecular complexity index is 688. The molecular formula is C20H22N2O2. The zero-order chi connectivity index (χ0) is 17.4. The number of carbonyl (C=O) groups excluding carboxylic acids is 1. The molecule has 1 amide bonds. The molecule has 0 aliphatic heterocycles. The normalized spacial score (nSPS) is 10.2. The van der Waals surface area contributed by atoms with Crippen molar-refractivity contribution in [3.8, 4) is 11.8 Å². The number of nitriles is 1. The summed E-state index contributed by atoms with van der Waals surface area (Å²) in [5, 5.41) is 8.85. The molecule has 0 N–H and O–H groups in total. The van der Waals surface area contributed by atoms with Crippen LogP contribution in [0.15, 0.2) is 54.6 Å². The summed E-state index contributed by atoms with van der Waals surface area (Å²) in [6, 6.07) is 19.0. The Morgan fingerprint density at radius 2 is 1.79 bits per heavy atom. The number of rotatable bonds is 7. The lowest BCUT2D eigenvalue weighted by Crippen LogP contribution is -2.31. The summed E-state index contributed by atoms with van der Waals surface area (Å²) in [6.45, 7) is 4.82. The van der Waals surface area contributed by atoms with E-state index in [9.17, 15) is 4.79 Å². The summed E-state index contributed by atoms with van der Waals surface area (Å²) in [6.07, 6.45) is 0.407. The smallest absolute Gasteiger partial charge is 0.254 e. The number of carbonyl (C=O) groups is 1. The number of ether oxygens (including phenoxy) is 1. The van der Waals surface area contributed by atoms with Crippen LogP contribution in [0.2, 0.25) is 0 Å². The van der Waals surface area contributed by atoms with Crippen LogP contribution in [0.3, 0.4) is 0 Å². The summed E-state index contributed by atoms with van der Waals surface area (Å²) in [5.41, 5.74) is 1.64. The Hall–Kier alpha value is -2.80. The van der Waals surface area contributed by atoms with Gasteiger partial charge in [0.1, 0.15) is 5.75 Å². The molecule has 4 heteroatoms. The minimum Gasteiger partial charge on any atom is -0.491 e. The van der Waals surface area contributed by atoms with Crippen molar-refractivity contribution in [2.45, 2.75) is 32.9 Å². The van der Waals surface area contributed by atoms with E-state index in [0.717, 1.165) is 11.3 Å². The summed E-state index contributed by atoms with van der Waals surface area (Å²) in [5.74, 6) is 0.665. The maximum Gasteiger partial charge on any atom is 0.254 e. The van der Waals surface area contributed by atoms with Gasteiger partial charge in [-0.25, -0.2) is 0 Å². The van der Waals surface area contributed by atoms with Crippen LogP contribution in [0.1, 0.15) is 36.2 Å². The Labute approximate surface area is 143 Å². The van der Waals surface area contributed by atoms with E-state index >= 15 is 0 Å². The van der Waals surface area contributed by atoms with Crippen molar-refractivity contribution in [1.29, 1.82) is 5.26 Å². The topological polar surface area (TPSA) is 53.3 Å². The second-order valence-electron chi connectivity index (χ2n) is 5.81. The Kier molecular flexibility index (Phi) is 6.39. The third-order valence-corrected chi connectivity index (χ3v) is 3.47. The zero-order valence-corrected chi connectivity index (χ0v) is 14.1. The molecule has 0 bridgehead atoms. The average Bonchev–Trinajstić information content (AvgIpc) is 2.59. The van der Waals surface area contributed by atoms with E-state index in [4.69, 9.17) is 10.00 Å². The van der Waals surface area contributed by atoms with Gasteiger partial charge in [-0.05, 0) is 43.7 Å². The van der Waals surface area contributed by atoms with Crippen molar-refractivity contribution in [1.82, 2.24) is 4.90 Å². The van der Waals surface area contributed by atoms with Gasteiger partial charge >= 0.3 is 0 Å². The van der Waals surface area contributed by atoms with Gasteiger partial charge < -0.3 is 9.64 Å². The summed E-state index contributed by atoms with van der Waals surface area (Å²) in [7, 11) is 0. The fourth-order valence-corrected chi connectivity index (χ4v) is 2.37. The first-order valence-electron chi connectivity index (χ1n) is 8.07. The van der Waals surface area contributed by atoms with E-state index in [1.165, 1.54) is 0 Å². The number of hydrogen-bond donors (Lipinski definition) is 0. The fraction of sp³-hybridized carbons (Fsp3) is 0.300. The molecule has 0 saturated carbocycles. The molecule has 0 heterocycles. The third kappa shape index (κ3) is 5.13. The monoisotopic (exact) mass is 322 g/mol. The lowest BCUT2D eigenvalue weighted by molar-refractivity contribution is 0.0747. The number of hydrogen-bond acceptors (Lipinski definition) is 3. The molecule has 0 aliphatic rings. The third-order valence-electron chi connectivity index (χ3n) is 3.47. The molecule has 0 unspecified atom stereocenters. The van der Waals surface area contributed by atoms with Crippen molar-refractivity contribution < 1.29 is 9.53 Å². The molecule has 24 heavy (non-hydrogen) atoms. The maximum absolute atomic E-state index is 12.8. The van der Waals surface area contributed by atoms with Crippen LogP contribution in [0.4, 0.5) is 0 Å². The molecule has 124 valence electrons. The highest BCUT2D eigenvalue weighted by atomic mass is 16.5. The van der Waals surface area contributed by atoms with Gasteiger partial charge in [0.2, 0.25) is 0 Å². The zero-order valence-electron chi connectivity index (χ0n) is 14.1. The van der Waals surface area contributed by atoms with Crippen LogP contribution in [0.25, 0.3) is 0 Å². The molecule has 0 radical (unpaired) electrons. The second kappa shape index (κ2) is 8.73. The first kappa shape index (κ1) is 17.6. The van der Waals surface area contributed by atoms with Gasteiger partial charge in [-0.3, -0.25) is 4.79 Å². The van der Waals surface area contributed by atoms with Crippen molar-refractivity contribution >= 4 is 5.91 Å². The Balaban J connectivity index is 2.13. The molecule has 2 aromatic carbocycles. The van der Waals surface area contributed by atoms with Gasteiger partial charge in [-0.1, -0.05) is 30.3 Å². The van der Waals surface area contributed by atoms with Gasteiger partial charge in [0.15, 0.2) is 0 Å². The molecule has 0 fully saturated rings. The van der Waals surface area contributed by atoms with E-state index in [0.29, 0.717) is 25.1 Å². The predicted molar refractivity (Wildman–Crippen MR) is 93.6 cm³/mol. The highest BCUT2D eigenvalue weighted by Crippen LogP contribution is 2.16. The first-order valence-corrected chi connectivity index (χ1v) is 8.07. The van der Waals surface area contributed by atoms with Gasteiger partial charge in [0.05, 0.1) is 18.6 Å². The minimum atomic E-state index is -0.0785. The number of benzene rings is 2. The Morgan fingerprint density at radius 3 is 2.38 bits per heavy atom. The van der Waals surface area contributed by atoms with Gasteiger partial charge in [-0.2, -0.15) is 5.26 Å². The van der Waals surface area contributed by atoms with Crippen molar-refractivity contribution in [2.75, 3.05) is 6.54 Å². The molecule has 2 rings (SSSR count). The van der Waals surface area contributed by atoms with Crippen molar-refractivity contribution in [3.05, 3.63) is 65.7 Å². The van der Waals surface area contributed by atoms with Crippen molar-refractivity contribution in [3.63, 3.8) is 0 Å². The van der Waals surface area contributed by atoms with Gasteiger partial charge in [-0.15, -0.1) is 0 Å². The van der Waals surface area contributed by atoms with Crippen LogP contribution in [0.5, 0.6) is 5.75 Å². The van der Waals surface area contributed by atoms with E-state index in [1.54, 1.807) is 29.2 Å². The van der Waals surface area contributed by atoms with Crippen LogP contribution in [0, 0.1) is 11.3 Å². The predicted octanol–water partition coefficient (Wildman–Crippen LogP) is 4.03. The average molecular weight is 322 g/mol. The second-order valence-corrected chi connectivity index (χ2v) is 5.81. The van der Waals surface area contributed by atoms with Gasteiger partial charge in [0.25, 0.3) is 5.91 Å². The van der Waals surface area contributed by atoms with Crippen molar-refractivity contribution in [2.24, 2.45) is 0 Å². The van der Waals surface area contributed by atoms with Crippen LogP contribution >= 0.6 is 0 Å². The minimum absolute atomic E-state index is 0.0785. The number of nitrogens with zero attached hydrogens (tertiary/aromatic N) is 2. The SMILES string of the molecule is CC(C)Oc1ccc(C(=O)N(CCC#N)Cc2ccccc2)cc1. The van der Waals surface area contributed by atoms with Gasteiger partial charge in [0, 0.05) is 18.7 Å². The van der Waals surface area contributed by atoms with Crippen LogP contribution in [-0.2, 0) is 6.54 Å². The summed E-state index contributed by atoms with van der Waals surface area (Å²) < 4.78 is 5.60. The lowest BCUT2D eigenvalue weighted by Gasteiger charge is -2.22. The fourth-order valence-electron chi connectivity index (χ4n) is 2.37.